The van der Waals surface area contributed by atoms with Crippen LogP contribution >= 0.6 is 0 Å². The van der Waals surface area contributed by atoms with E-state index in [0.29, 0.717) is 0 Å². The van der Waals surface area contributed by atoms with Gasteiger partial charge in [0, 0.05) is 0 Å². The molecule has 1 aromatic carbocycles. The van der Waals surface area contributed by atoms with Gasteiger partial charge < -0.3 is 0 Å². The smallest absolute Gasteiger partial charge is 0.0123 e. The molecule has 0 aromatic heterocycles. The highest BCUT2D eigenvalue weighted by Gasteiger charge is 1.99. The number of benzene rings is 1. The van der Waals surface area contributed by atoms with Crippen LogP contribution in [0.1, 0.15) is 22.3 Å². The van der Waals surface area contributed by atoms with E-state index in [-0.39, 0.29) is 0 Å². The summed E-state index contributed by atoms with van der Waals surface area (Å²) in [5.74, 6) is 0. The fourth-order valence-electron chi connectivity index (χ4n) is 1.22. The molecule has 0 aliphatic carbocycles. The molecule has 0 unspecified atom stereocenters. The summed E-state index contributed by atoms with van der Waals surface area (Å²) in [6, 6.07) is 4.24. The maximum Gasteiger partial charge on any atom is -0.0123 e. The molecule has 0 fully saturated rings. The zero-order chi connectivity index (χ0) is 8.43. The topological polar surface area (TPSA) is 0 Å². The van der Waals surface area contributed by atoms with Crippen molar-refractivity contribution in [1.82, 2.24) is 0 Å². The van der Waals surface area contributed by atoms with Crippen molar-refractivity contribution < 1.29 is 0 Å². The van der Waals surface area contributed by atoms with Gasteiger partial charge in [0.05, 0.1) is 0 Å². The Morgan fingerprint density at radius 1 is 1.09 bits per heavy atom. The Morgan fingerprint density at radius 3 is 2.09 bits per heavy atom. The van der Waals surface area contributed by atoms with Crippen LogP contribution in [0, 0.1) is 26.8 Å². The monoisotopic (exact) mass is 145 g/mol. The molecule has 0 N–H and O–H groups in total. The second-order valence-corrected chi connectivity index (χ2v) is 2.88. The van der Waals surface area contributed by atoms with Crippen LogP contribution in [-0.4, -0.2) is 0 Å². The van der Waals surface area contributed by atoms with Crippen LogP contribution in [0.2, 0.25) is 0 Å². The van der Waals surface area contributed by atoms with E-state index in [9.17, 15) is 0 Å². The standard InChI is InChI=1S/C11H13/c1-5-11-9(3)7-6-8(2)10(11)4/h6-7H,1H2,2-4H3. The van der Waals surface area contributed by atoms with Gasteiger partial charge in [0.25, 0.3) is 0 Å². The SMILES string of the molecule is C=[C]c1c(C)ccc(C)c1C. The molecule has 0 saturated heterocycles. The van der Waals surface area contributed by atoms with Crippen LogP contribution in [0.25, 0.3) is 0 Å². The molecule has 0 aliphatic rings. The van der Waals surface area contributed by atoms with E-state index in [1.54, 1.807) is 0 Å². The Balaban J connectivity index is 3.40. The van der Waals surface area contributed by atoms with Crippen molar-refractivity contribution in [2.75, 3.05) is 0 Å². The summed E-state index contributed by atoms with van der Waals surface area (Å²) in [4.78, 5) is 0. The molecule has 0 heteroatoms. The average Bonchev–Trinajstić information content (AvgIpc) is 1.99. The third kappa shape index (κ3) is 1.35. The summed E-state index contributed by atoms with van der Waals surface area (Å²) in [7, 11) is 0. The molecule has 0 aliphatic heterocycles. The molecule has 0 heterocycles. The van der Waals surface area contributed by atoms with E-state index in [1.807, 2.05) is 0 Å². The highest BCUT2D eigenvalue weighted by molar-refractivity contribution is 5.42. The summed E-state index contributed by atoms with van der Waals surface area (Å²) < 4.78 is 0. The molecule has 57 valence electrons. The number of hydrogen-bond donors (Lipinski definition) is 0. The Hall–Kier alpha value is -1.04. The van der Waals surface area contributed by atoms with Crippen molar-refractivity contribution in [3.63, 3.8) is 0 Å². The van der Waals surface area contributed by atoms with Crippen molar-refractivity contribution in [2.24, 2.45) is 0 Å². The molecule has 0 atom stereocenters. The predicted molar refractivity (Wildman–Crippen MR) is 48.6 cm³/mol. The van der Waals surface area contributed by atoms with Crippen LogP contribution in [0.4, 0.5) is 0 Å². The minimum absolute atomic E-state index is 1.16. The second-order valence-electron chi connectivity index (χ2n) is 2.88. The zero-order valence-electron chi connectivity index (χ0n) is 7.36. The maximum atomic E-state index is 3.67. The van der Waals surface area contributed by atoms with Gasteiger partial charge in [-0.25, -0.2) is 0 Å². The highest BCUT2D eigenvalue weighted by Crippen LogP contribution is 2.16. The predicted octanol–water partition coefficient (Wildman–Crippen LogP) is 2.95. The van der Waals surface area contributed by atoms with Crippen molar-refractivity contribution in [1.29, 1.82) is 0 Å². The van der Waals surface area contributed by atoms with Gasteiger partial charge in [-0.15, -0.1) is 0 Å². The van der Waals surface area contributed by atoms with Gasteiger partial charge >= 0.3 is 0 Å². The van der Waals surface area contributed by atoms with Crippen LogP contribution in [0.3, 0.4) is 0 Å². The minimum atomic E-state index is 1.16. The Bertz CT molecular complexity index is 282. The molecule has 0 saturated carbocycles. The Labute approximate surface area is 68.6 Å². The third-order valence-corrected chi connectivity index (χ3v) is 2.12. The van der Waals surface area contributed by atoms with Gasteiger partial charge in [0.15, 0.2) is 0 Å². The van der Waals surface area contributed by atoms with Gasteiger partial charge in [0.1, 0.15) is 0 Å². The van der Waals surface area contributed by atoms with Crippen molar-refractivity contribution in [2.45, 2.75) is 20.8 Å². The molecular weight excluding hydrogens is 132 g/mol. The lowest BCUT2D eigenvalue weighted by Crippen LogP contribution is -1.89. The van der Waals surface area contributed by atoms with Gasteiger partial charge in [0.2, 0.25) is 0 Å². The van der Waals surface area contributed by atoms with Crippen molar-refractivity contribution in [3.05, 3.63) is 47.0 Å². The molecule has 0 nitrogen and oxygen atoms in total. The summed E-state index contributed by atoms with van der Waals surface area (Å²) in [5.41, 5.74) is 5.01. The second kappa shape index (κ2) is 2.91. The minimum Gasteiger partial charge on any atom is -0.0905 e. The van der Waals surface area contributed by atoms with Crippen LogP contribution in [0.15, 0.2) is 18.7 Å². The Kier molecular flexibility index (Phi) is 2.13. The van der Waals surface area contributed by atoms with Crippen molar-refractivity contribution >= 4 is 0 Å². The first-order valence-corrected chi connectivity index (χ1v) is 3.76. The first-order valence-electron chi connectivity index (χ1n) is 3.76. The van der Waals surface area contributed by atoms with E-state index in [4.69, 9.17) is 0 Å². The molecule has 11 heavy (non-hydrogen) atoms. The lowest BCUT2D eigenvalue weighted by atomic mass is 9.99. The summed E-state index contributed by atoms with van der Waals surface area (Å²) in [5, 5.41) is 0. The first kappa shape index (κ1) is 8.06. The third-order valence-electron chi connectivity index (χ3n) is 2.12. The summed E-state index contributed by atoms with van der Waals surface area (Å²) >= 11 is 0. The molecule has 1 radical (unpaired) electrons. The van der Waals surface area contributed by atoms with Gasteiger partial charge in [-0.05, 0) is 49.1 Å². The summed E-state index contributed by atoms with van der Waals surface area (Å²) in [6.07, 6.45) is 2.95. The normalized spacial score (nSPS) is 9.73. The molecule has 1 rings (SSSR count). The maximum absolute atomic E-state index is 3.67. The van der Waals surface area contributed by atoms with Gasteiger partial charge in [-0.1, -0.05) is 18.7 Å². The fourth-order valence-corrected chi connectivity index (χ4v) is 1.22. The number of rotatable bonds is 1. The van der Waals surface area contributed by atoms with E-state index in [2.05, 4.69) is 45.6 Å². The number of aryl methyl sites for hydroxylation is 2. The Morgan fingerprint density at radius 2 is 1.64 bits per heavy atom. The average molecular weight is 145 g/mol. The van der Waals surface area contributed by atoms with Crippen LogP contribution in [-0.2, 0) is 0 Å². The van der Waals surface area contributed by atoms with Gasteiger partial charge in [-0.2, -0.15) is 0 Å². The quantitative estimate of drug-likeness (QED) is 0.570. The lowest BCUT2D eigenvalue weighted by Gasteiger charge is -2.06. The molecule has 0 amide bonds. The van der Waals surface area contributed by atoms with Crippen LogP contribution in [0.5, 0.6) is 0 Å². The number of hydrogen-bond acceptors (Lipinski definition) is 0. The molecule has 0 spiro atoms. The highest BCUT2D eigenvalue weighted by atomic mass is 14.0. The van der Waals surface area contributed by atoms with E-state index in [0.717, 1.165) is 5.56 Å². The first-order chi connectivity index (χ1) is 5.16. The fraction of sp³-hybridized carbons (Fsp3) is 0.273. The van der Waals surface area contributed by atoms with E-state index >= 15 is 0 Å². The zero-order valence-corrected chi connectivity index (χ0v) is 7.36. The van der Waals surface area contributed by atoms with Crippen LogP contribution < -0.4 is 0 Å². The molecular formula is C11H13. The van der Waals surface area contributed by atoms with E-state index in [1.165, 1.54) is 16.7 Å². The van der Waals surface area contributed by atoms with Crippen molar-refractivity contribution in [3.8, 4) is 0 Å². The summed E-state index contributed by atoms with van der Waals surface area (Å²) in [6.45, 7) is 9.97. The van der Waals surface area contributed by atoms with E-state index < -0.39 is 0 Å². The molecule has 0 bridgehead atoms. The largest absolute Gasteiger partial charge is 0.0905 e. The lowest BCUT2D eigenvalue weighted by molar-refractivity contribution is 1.25. The molecule has 1 aromatic rings. The van der Waals surface area contributed by atoms with Gasteiger partial charge in [-0.3, -0.25) is 0 Å².